The minimum atomic E-state index is -0.960. The van der Waals surface area contributed by atoms with Gasteiger partial charge in [0.2, 0.25) is 0 Å². The van der Waals surface area contributed by atoms with Crippen LogP contribution in [0.1, 0.15) is 28.7 Å². The van der Waals surface area contributed by atoms with E-state index < -0.39 is 17.5 Å². The Morgan fingerprint density at radius 2 is 2.05 bits per heavy atom. The van der Waals surface area contributed by atoms with E-state index in [-0.39, 0.29) is 11.7 Å². The molecule has 0 bridgehead atoms. The molecular weight excluding hydrogens is 288 g/mol. The molecule has 2 aromatic heterocycles. The quantitative estimate of drug-likeness (QED) is 0.872. The maximum absolute atomic E-state index is 13.6. The van der Waals surface area contributed by atoms with Gasteiger partial charge in [-0.2, -0.15) is 0 Å². The predicted molar refractivity (Wildman–Crippen MR) is 78.4 cm³/mol. The molecule has 0 aliphatic rings. The van der Waals surface area contributed by atoms with E-state index in [1.807, 2.05) is 26.0 Å². The zero-order valence-electron chi connectivity index (χ0n) is 12.7. The summed E-state index contributed by atoms with van der Waals surface area (Å²) < 4.78 is 26.5. The second kappa shape index (κ2) is 6.60. The summed E-state index contributed by atoms with van der Waals surface area (Å²) in [7, 11) is 1.56. The van der Waals surface area contributed by atoms with Gasteiger partial charge in [0, 0.05) is 37.5 Å². The van der Waals surface area contributed by atoms with Gasteiger partial charge in [-0.15, -0.1) is 0 Å². The summed E-state index contributed by atoms with van der Waals surface area (Å²) in [5.41, 5.74) is 1.55. The summed E-state index contributed by atoms with van der Waals surface area (Å²) in [6, 6.07) is 4.28. The molecule has 0 saturated carbocycles. The van der Waals surface area contributed by atoms with E-state index in [2.05, 4.69) is 9.97 Å². The molecule has 0 aliphatic heterocycles. The minimum Gasteiger partial charge on any atom is -0.337 e. The lowest BCUT2D eigenvalue weighted by atomic mass is 10.1. The van der Waals surface area contributed by atoms with Crippen molar-refractivity contribution in [1.82, 2.24) is 14.9 Å². The molecule has 0 fully saturated rings. The van der Waals surface area contributed by atoms with Crippen molar-refractivity contribution in [3.63, 3.8) is 0 Å². The number of hydrogen-bond acceptors (Lipinski definition) is 3. The summed E-state index contributed by atoms with van der Waals surface area (Å²) in [4.78, 5) is 21.4. The highest BCUT2D eigenvalue weighted by molar-refractivity contribution is 5.92. The van der Waals surface area contributed by atoms with Crippen molar-refractivity contribution in [2.24, 2.45) is 0 Å². The van der Waals surface area contributed by atoms with Gasteiger partial charge in [-0.25, -0.2) is 13.8 Å². The van der Waals surface area contributed by atoms with E-state index in [9.17, 15) is 13.6 Å². The van der Waals surface area contributed by atoms with Crippen LogP contribution >= 0.6 is 0 Å². The molecule has 22 heavy (non-hydrogen) atoms. The second-order valence-electron chi connectivity index (χ2n) is 5.28. The summed E-state index contributed by atoms with van der Waals surface area (Å²) in [6.07, 6.45) is 3.07. The fourth-order valence-electron chi connectivity index (χ4n) is 2.09. The summed E-state index contributed by atoms with van der Waals surface area (Å²) >= 11 is 0. The third-order valence-electron chi connectivity index (χ3n) is 3.47. The fraction of sp³-hybridized carbons (Fsp3) is 0.312. The second-order valence-corrected chi connectivity index (χ2v) is 5.28. The Balaban J connectivity index is 2.12. The molecule has 4 nitrogen and oxygen atoms in total. The van der Waals surface area contributed by atoms with Crippen LogP contribution in [0.2, 0.25) is 0 Å². The SMILES string of the molecule is Cc1ccnc(C[C@H](C)N(C)C(=O)c2ncc(F)cc2F)c1. The summed E-state index contributed by atoms with van der Waals surface area (Å²) in [5, 5.41) is 0. The van der Waals surface area contributed by atoms with E-state index in [4.69, 9.17) is 0 Å². The monoisotopic (exact) mass is 305 g/mol. The van der Waals surface area contributed by atoms with Gasteiger partial charge in [-0.3, -0.25) is 9.78 Å². The van der Waals surface area contributed by atoms with Gasteiger partial charge in [0.1, 0.15) is 5.82 Å². The lowest BCUT2D eigenvalue weighted by Gasteiger charge is -2.24. The van der Waals surface area contributed by atoms with Gasteiger partial charge >= 0.3 is 0 Å². The lowest BCUT2D eigenvalue weighted by molar-refractivity contribution is 0.0731. The van der Waals surface area contributed by atoms with Crippen LogP contribution in [0.5, 0.6) is 0 Å². The van der Waals surface area contributed by atoms with Crippen molar-refractivity contribution >= 4 is 5.91 Å². The van der Waals surface area contributed by atoms with Crippen LogP contribution in [0.4, 0.5) is 8.78 Å². The Labute approximate surface area is 127 Å². The first kappa shape index (κ1) is 16.0. The van der Waals surface area contributed by atoms with Crippen molar-refractivity contribution in [2.45, 2.75) is 26.3 Å². The highest BCUT2D eigenvalue weighted by atomic mass is 19.1. The molecule has 6 heteroatoms. The molecule has 2 aromatic rings. The van der Waals surface area contributed by atoms with E-state index in [1.54, 1.807) is 13.2 Å². The molecule has 1 amide bonds. The molecule has 2 heterocycles. The molecule has 0 spiro atoms. The van der Waals surface area contributed by atoms with Crippen LogP contribution in [-0.2, 0) is 6.42 Å². The molecule has 0 radical (unpaired) electrons. The van der Waals surface area contributed by atoms with Crippen LogP contribution < -0.4 is 0 Å². The van der Waals surface area contributed by atoms with Crippen molar-refractivity contribution in [3.8, 4) is 0 Å². The van der Waals surface area contributed by atoms with Crippen molar-refractivity contribution in [3.05, 3.63) is 59.2 Å². The average molecular weight is 305 g/mol. The molecule has 116 valence electrons. The Morgan fingerprint density at radius 3 is 2.68 bits per heavy atom. The van der Waals surface area contributed by atoms with Gasteiger partial charge in [0.05, 0.1) is 6.20 Å². The number of rotatable bonds is 4. The highest BCUT2D eigenvalue weighted by Crippen LogP contribution is 2.13. The zero-order chi connectivity index (χ0) is 16.3. The van der Waals surface area contributed by atoms with Gasteiger partial charge in [-0.05, 0) is 31.5 Å². The van der Waals surface area contributed by atoms with Crippen molar-refractivity contribution < 1.29 is 13.6 Å². The number of aryl methyl sites for hydroxylation is 1. The van der Waals surface area contributed by atoms with E-state index in [0.29, 0.717) is 12.5 Å². The number of nitrogens with zero attached hydrogens (tertiary/aromatic N) is 3. The number of halogens is 2. The van der Waals surface area contributed by atoms with Gasteiger partial charge in [0.25, 0.3) is 5.91 Å². The highest BCUT2D eigenvalue weighted by Gasteiger charge is 2.22. The summed E-state index contributed by atoms with van der Waals surface area (Å²) in [6.45, 7) is 3.80. The molecule has 0 unspecified atom stereocenters. The number of carbonyl (C=O) groups is 1. The maximum Gasteiger partial charge on any atom is 0.275 e. The predicted octanol–water partition coefficient (Wildman–Crippen LogP) is 2.77. The molecule has 0 aromatic carbocycles. The molecule has 2 rings (SSSR count). The van der Waals surface area contributed by atoms with Crippen LogP contribution in [0.3, 0.4) is 0 Å². The maximum atomic E-state index is 13.6. The van der Waals surface area contributed by atoms with Gasteiger partial charge in [0.15, 0.2) is 11.5 Å². The standard InChI is InChI=1S/C16H17F2N3O/c1-10-4-5-19-13(6-10)7-11(2)21(3)16(22)15-14(18)8-12(17)9-20-15/h4-6,8-9,11H,7H2,1-3H3/t11-/m0/s1. The third-order valence-corrected chi connectivity index (χ3v) is 3.47. The number of carbonyl (C=O) groups excluding carboxylic acids is 1. The average Bonchev–Trinajstić information content (AvgIpc) is 2.45. The van der Waals surface area contributed by atoms with Gasteiger partial charge in [-0.1, -0.05) is 0 Å². The number of hydrogen-bond donors (Lipinski definition) is 0. The van der Waals surface area contributed by atoms with E-state index in [1.165, 1.54) is 4.90 Å². The molecule has 0 saturated heterocycles. The number of likely N-dealkylation sites (N-methyl/N-ethyl adjacent to an activating group) is 1. The van der Waals surface area contributed by atoms with Crippen molar-refractivity contribution in [1.29, 1.82) is 0 Å². The van der Waals surface area contributed by atoms with Crippen LogP contribution in [-0.4, -0.2) is 33.9 Å². The smallest absolute Gasteiger partial charge is 0.275 e. The van der Waals surface area contributed by atoms with E-state index >= 15 is 0 Å². The molecule has 0 N–H and O–H groups in total. The Kier molecular flexibility index (Phi) is 4.80. The van der Waals surface area contributed by atoms with E-state index in [0.717, 1.165) is 17.5 Å². The Bertz CT molecular complexity index is 691. The molecule has 1 atom stereocenters. The first-order valence-corrected chi connectivity index (χ1v) is 6.88. The van der Waals surface area contributed by atoms with Crippen LogP contribution in [0, 0.1) is 18.6 Å². The van der Waals surface area contributed by atoms with Gasteiger partial charge < -0.3 is 4.90 Å². The normalized spacial score (nSPS) is 12.0. The molecule has 0 aliphatic carbocycles. The third kappa shape index (κ3) is 3.63. The topological polar surface area (TPSA) is 46.1 Å². The lowest BCUT2D eigenvalue weighted by Crippen LogP contribution is -2.37. The number of aromatic nitrogens is 2. The Hall–Kier alpha value is -2.37. The first-order chi connectivity index (χ1) is 10.4. The Morgan fingerprint density at radius 1 is 1.32 bits per heavy atom. The number of amides is 1. The number of pyridine rings is 2. The van der Waals surface area contributed by atoms with Crippen molar-refractivity contribution in [2.75, 3.05) is 7.05 Å². The fourth-order valence-corrected chi connectivity index (χ4v) is 2.09. The largest absolute Gasteiger partial charge is 0.337 e. The van der Waals surface area contributed by atoms with Crippen LogP contribution in [0.15, 0.2) is 30.6 Å². The summed E-state index contributed by atoms with van der Waals surface area (Å²) in [5.74, 6) is -2.36. The molecular formula is C16H17F2N3O. The zero-order valence-corrected chi connectivity index (χ0v) is 12.7. The van der Waals surface area contributed by atoms with Crippen LogP contribution in [0.25, 0.3) is 0 Å². The minimum absolute atomic E-state index is 0.201. The first-order valence-electron chi connectivity index (χ1n) is 6.88.